The van der Waals surface area contributed by atoms with Gasteiger partial charge in [-0.2, -0.15) is 10.1 Å². The zero-order valence-corrected chi connectivity index (χ0v) is 15.0. The summed E-state index contributed by atoms with van der Waals surface area (Å²) in [4.78, 5) is 17.3. The number of allylic oxidation sites excluding steroid dienone is 2. The second-order valence-corrected chi connectivity index (χ2v) is 6.83. The van der Waals surface area contributed by atoms with E-state index in [1.807, 2.05) is 18.2 Å². The fraction of sp³-hybridized carbons (Fsp3) is 0.421. The highest BCUT2D eigenvalue weighted by molar-refractivity contribution is 5.99. The monoisotopic (exact) mass is 368 g/mol. The summed E-state index contributed by atoms with van der Waals surface area (Å²) in [5, 5.41) is 7.90. The number of carbonyl (C=O) groups excluding carboxylic acids is 1. The number of anilines is 1. The van der Waals surface area contributed by atoms with E-state index in [2.05, 4.69) is 15.4 Å². The molecule has 2 aromatic rings. The predicted molar refractivity (Wildman–Crippen MR) is 95.8 cm³/mol. The molecule has 0 fully saturated rings. The Labute approximate surface area is 156 Å². The van der Waals surface area contributed by atoms with Crippen molar-refractivity contribution in [2.24, 2.45) is 0 Å². The molecule has 1 unspecified atom stereocenters. The number of hydrogen-bond donors (Lipinski definition) is 1. The molecule has 0 bridgehead atoms. The van der Waals surface area contributed by atoms with Crippen LogP contribution < -0.4 is 14.8 Å². The second kappa shape index (κ2) is 6.38. The van der Waals surface area contributed by atoms with E-state index in [1.54, 1.807) is 11.8 Å². The Morgan fingerprint density at radius 1 is 1.26 bits per heavy atom. The van der Waals surface area contributed by atoms with Crippen LogP contribution in [0.4, 0.5) is 5.95 Å². The van der Waals surface area contributed by atoms with E-state index in [0.29, 0.717) is 43.8 Å². The van der Waals surface area contributed by atoms with Gasteiger partial charge in [-0.1, -0.05) is 6.07 Å². The molecule has 0 spiro atoms. The highest BCUT2D eigenvalue weighted by Gasteiger charge is 2.37. The lowest BCUT2D eigenvalue weighted by atomic mass is 9.85. The van der Waals surface area contributed by atoms with Gasteiger partial charge in [0.25, 0.3) is 0 Å². The molecular formula is C19H20N4O4. The van der Waals surface area contributed by atoms with Crippen LogP contribution in [0.25, 0.3) is 0 Å². The van der Waals surface area contributed by atoms with Crippen molar-refractivity contribution in [1.29, 1.82) is 0 Å². The summed E-state index contributed by atoms with van der Waals surface area (Å²) in [7, 11) is 1.61. The molecule has 3 heterocycles. The van der Waals surface area contributed by atoms with E-state index in [0.717, 1.165) is 35.4 Å². The smallest absolute Gasteiger partial charge is 0.226 e. The molecule has 8 nitrogen and oxygen atoms in total. The summed E-state index contributed by atoms with van der Waals surface area (Å²) in [5.41, 5.74) is 2.63. The van der Waals surface area contributed by atoms with Crippen LogP contribution in [0, 0.1) is 0 Å². The Morgan fingerprint density at radius 3 is 2.96 bits per heavy atom. The van der Waals surface area contributed by atoms with Gasteiger partial charge in [0.15, 0.2) is 23.1 Å². The number of aromatic nitrogens is 3. The largest absolute Gasteiger partial charge is 0.486 e. The van der Waals surface area contributed by atoms with Crippen molar-refractivity contribution < 1.29 is 19.0 Å². The van der Waals surface area contributed by atoms with Gasteiger partial charge >= 0.3 is 0 Å². The number of rotatable bonds is 3. The van der Waals surface area contributed by atoms with Crippen molar-refractivity contribution in [1.82, 2.24) is 14.8 Å². The predicted octanol–water partition coefficient (Wildman–Crippen LogP) is 2.22. The van der Waals surface area contributed by atoms with Gasteiger partial charge in [0.2, 0.25) is 5.95 Å². The average Bonchev–Trinajstić information content (AvgIpc) is 3.08. The van der Waals surface area contributed by atoms with Crippen molar-refractivity contribution >= 4 is 11.7 Å². The van der Waals surface area contributed by atoms with E-state index in [9.17, 15) is 4.79 Å². The zero-order valence-electron chi connectivity index (χ0n) is 15.0. The van der Waals surface area contributed by atoms with Crippen molar-refractivity contribution in [3.8, 4) is 11.5 Å². The number of Topliss-reactive ketones (excluding diaryl/α,β-unsaturated/α-hetero) is 1. The fourth-order valence-electron chi connectivity index (χ4n) is 3.93. The summed E-state index contributed by atoms with van der Waals surface area (Å²) >= 11 is 0. The Kier molecular flexibility index (Phi) is 3.86. The molecule has 2 aliphatic heterocycles. The molecule has 1 aromatic heterocycles. The minimum absolute atomic E-state index is 0.151. The standard InChI is InChI=1S/C19H20N4O4/c1-25-10-16-21-19-20-12-3-2-4-13(24)17(12)18(23(19)22-16)11-5-6-14-15(9-11)27-8-7-26-14/h5-6,9,18H,2-4,7-8,10H2,1H3,(H,20,21,22). The highest BCUT2D eigenvalue weighted by Crippen LogP contribution is 2.42. The minimum Gasteiger partial charge on any atom is -0.486 e. The first-order chi connectivity index (χ1) is 13.2. The molecule has 3 aliphatic rings. The van der Waals surface area contributed by atoms with Crippen LogP contribution in [0.3, 0.4) is 0 Å². The maximum absolute atomic E-state index is 12.8. The van der Waals surface area contributed by atoms with Crippen molar-refractivity contribution in [3.63, 3.8) is 0 Å². The van der Waals surface area contributed by atoms with Gasteiger partial charge in [-0.25, -0.2) is 4.68 Å². The molecular weight excluding hydrogens is 348 g/mol. The molecule has 0 amide bonds. The number of fused-ring (bicyclic) bond motifs is 2. The molecule has 1 atom stereocenters. The van der Waals surface area contributed by atoms with Gasteiger partial charge in [0.05, 0.1) is 0 Å². The topological polar surface area (TPSA) is 87.5 Å². The van der Waals surface area contributed by atoms with Crippen LogP contribution in [0.1, 0.15) is 36.7 Å². The number of ketones is 1. The zero-order chi connectivity index (χ0) is 18.4. The van der Waals surface area contributed by atoms with Crippen LogP contribution in [0.2, 0.25) is 0 Å². The van der Waals surface area contributed by atoms with E-state index in [1.165, 1.54) is 0 Å². The lowest BCUT2D eigenvalue weighted by Gasteiger charge is -2.32. The maximum Gasteiger partial charge on any atom is 0.226 e. The van der Waals surface area contributed by atoms with E-state index in [4.69, 9.17) is 14.2 Å². The number of methoxy groups -OCH3 is 1. The number of carbonyl (C=O) groups is 1. The van der Waals surface area contributed by atoms with Crippen LogP contribution in [0.5, 0.6) is 11.5 Å². The highest BCUT2D eigenvalue weighted by atomic mass is 16.6. The van der Waals surface area contributed by atoms with Gasteiger partial charge in [-0.3, -0.25) is 4.79 Å². The Hall–Kier alpha value is -2.87. The molecule has 8 heteroatoms. The fourth-order valence-corrected chi connectivity index (χ4v) is 3.93. The minimum atomic E-state index is -0.335. The summed E-state index contributed by atoms with van der Waals surface area (Å²) < 4.78 is 18.3. The average molecular weight is 368 g/mol. The number of benzene rings is 1. The molecule has 140 valence electrons. The van der Waals surface area contributed by atoms with Crippen LogP contribution in [0.15, 0.2) is 29.5 Å². The van der Waals surface area contributed by atoms with Crippen molar-refractivity contribution in [3.05, 3.63) is 40.9 Å². The maximum atomic E-state index is 12.8. The van der Waals surface area contributed by atoms with Crippen molar-refractivity contribution in [2.45, 2.75) is 31.9 Å². The second-order valence-electron chi connectivity index (χ2n) is 6.83. The third kappa shape index (κ3) is 2.68. The van der Waals surface area contributed by atoms with Crippen LogP contribution in [-0.2, 0) is 16.1 Å². The number of ether oxygens (including phenoxy) is 3. The summed E-state index contributed by atoms with van der Waals surface area (Å²) in [5.74, 6) is 2.78. The molecule has 1 aliphatic carbocycles. The first-order valence-electron chi connectivity index (χ1n) is 9.12. The summed E-state index contributed by atoms with van der Waals surface area (Å²) in [6.45, 7) is 1.37. The molecule has 0 radical (unpaired) electrons. The summed E-state index contributed by atoms with van der Waals surface area (Å²) in [6.07, 6.45) is 2.22. The van der Waals surface area contributed by atoms with Gasteiger partial charge in [0.1, 0.15) is 25.9 Å². The van der Waals surface area contributed by atoms with Crippen LogP contribution in [-0.4, -0.2) is 40.9 Å². The lowest BCUT2D eigenvalue weighted by molar-refractivity contribution is -0.116. The Balaban J connectivity index is 1.65. The molecule has 27 heavy (non-hydrogen) atoms. The van der Waals surface area contributed by atoms with Gasteiger partial charge in [-0.15, -0.1) is 0 Å². The number of hydrogen-bond acceptors (Lipinski definition) is 7. The SMILES string of the molecule is COCc1nc2n(n1)C(c1ccc3c(c1)OCCO3)C1=C(CCCC1=O)N2. The third-order valence-corrected chi connectivity index (χ3v) is 5.07. The Morgan fingerprint density at radius 2 is 2.11 bits per heavy atom. The first-order valence-corrected chi connectivity index (χ1v) is 9.12. The summed E-state index contributed by atoms with van der Waals surface area (Å²) in [6, 6.07) is 5.47. The van der Waals surface area contributed by atoms with E-state index < -0.39 is 0 Å². The van der Waals surface area contributed by atoms with Crippen LogP contribution >= 0.6 is 0 Å². The molecule has 1 aromatic carbocycles. The quantitative estimate of drug-likeness (QED) is 0.889. The lowest BCUT2D eigenvalue weighted by Crippen LogP contribution is -2.31. The molecule has 1 N–H and O–H groups in total. The van der Waals surface area contributed by atoms with Gasteiger partial charge < -0.3 is 19.5 Å². The molecule has 5 rings (SSSR count). The van der Waals surface area contributed by atoms with Gasteiger partial charge in [0, 0.05) is 24.8 Å². The van der Waals surface area contributed by atoms with Gasteiger partial charge in [-0.05, 0) is 30.5 Å². The third-order valence-electron chi connectivity index (χ3n) is 5.07. The normalized spacial score (nSPS) is 20.8. The molecule has 0 saturated carbocycles. The molecule has 0 saturated heterocycles. The Bertz CT molecular complexity index is 949. The van der Waals surface area contributed by atoms with E-state index in [-0.39, 0.29) is 11.8 Å². The van der Waals surface area contributed by atoms with Crippen molar-refractivity contribution in [2.75, 3.05) is 25.6 Å². The first kappa shape index (κ1) is 16.3. The van der Waals surface area contributed by atoms with E-state index >= 15 is 0 Å². The number of nitrogens with one attached hydrogen (secondary N) is 1. The number of nitrogens with zero attached hydrogens (tertiary/aromatic N) is 3.